The molecule has 3 aliphatic rings. The number of esters is 3. The van der Waals surface area contributed by atoms with Crippen molar-refractivity contribution >= 4 is 30.0 Å². The molecule has 27 heavy (non-hydrogen) atoms. The number of fused-ring (bicyclic) bond motifs is 1. The molecule has 9 nitrogen and oxygen atoms in total. The lowest BCUT2D eigenvalue weighted by molar-refractivity contribution is -0.433. The van der Waals surface area contributed by atoms with Gasteiger partial charge in [0.15, 0.2) is 0 Å². The van der Waals surface area contributed by atoms with Crippen LogP contribution in [0, 0.1) is 23.2 Å². The maximum Gasteiger partial charge on any atom is 0.415 e. The van der Waals surface area contributed by atoms with Crippen LogP contribution in [-0.2, 0) is 38.0 Å². The predicted molar refractivity (Wildman–Crippen MR) is 81.3 cm³/mol. The molecule has 1 heterocycles. The van der Waals surface area contributed by atoms with Crippen molar-refractivity contribution in [3.63, 3.8) is 0 Å². The Morgan fingerprint density at radius 1 is 1.33 bits per heavy atom. The largest absolute Gasteiger partial charge is 0.459 e. The Labute approximate surface area is 156 Å². The summed E-state index contributed by atoms with van der Waals surface area (Å²) in [6, 6.07) is 0. The summed E-state index contributed by atoms with van der Waals surface area (Å²) in [5.41, 5.74) is -1.47. The van der Waals surface area contributed by atoms with E-state index in [1.807, 2.05) is 0 Å². The molecule has 1 saturated heterocycles. The normalized spacial score (nSPS) is 31.7. The van der Waals surface area contributed by atoms with E-state index in [2.05, 4.69) is 14.1 Å². The van der Waals surface area contributed by atoms with E-state index in [4.69, 9.17) is 14.7 Å². The van der Waals surface area contributed by atoms with Gasteiger partial charge in [-0.05, 0) is 32.6 Å². The first-order valence-electron chi connectivity index (χ1n) is 8.18. The summed E-state index contributed by atoms with van der Waals surface area (Å²) in [4.78, 5) is 35.9. The van der Waals surface area contributed by atoms with E-state index < -0.39 is 47.0 Å². The van der Waals surface area contributed by atoms with E-state index in [9.17, 15) is 23.2 Å². The van der Waals surface area contributed by atoms with Gasteiger partial charge in [-0.3, -0.25) is 9.59 Å². The van der Waals surface area contributed by atoms with Crippen LogP contribution in [0.25, 0.3) is 0 Å². The molecule has 0 aromatic heterocycles. The fourth-order valence-electron chi connectivity index (χ4n) is 3.89. The second kappa shape index (κ2) is 6.83. The lowest BCUT2D eigenvalue weighted by Gasteiger charge is -2.33. The molecule has 0 aromatic carbocycles. The molecule has 1 N–H and O–H groups in total. The van der Waals surface area contributed by atoms with Crippen molar-refractivity contribution < 1.29 is 52.0 Å². The number of hydrogen-bond donors (Lipinski definition) is 1. The lowest BCUT2D eigenvalue weighted by Crippen LogP contribution is -2.45. The molecule has 0 aromatic rings. The second-order valence-corrected chi connectivity index (χ2v) is 8.40. The molecule has 1 aliphatic heterocycles. The number of ether oxygens (including phenoxy) is 3. The molecule has 4 atom stereocenters. The average molecular weight is 412 g/mol. The van der Waals surface area contributed by atoms with Gasteiger partial charge in [-0.2, -0.15) is 8.78 Å². The summed E-state index contributed by atoms with van der Waals surface area (Å²) in [5.74, 6) is -4.76. The molecule has 2 aliphatic carbocycles. The molecule has 0 radical (unpaired) electrons. The Bertz CT molecular complexity index is 655. The van der Waals surface area contributed by atoms with Gasteiger partial charge in [0.05, 0.1) is 17.3 Å². The quantitative estimate of drug-likeness (QED) is 0.275. The number of rotatable bonds is 8. The third-order valence-corrected chi connectivity index (χ3v) is 5.67. The molecular formula is C15H18F2O9S. The summed E-state index contributed by atoms with van der Waals surface area (Å²) >= 11 is -0.765. The van der Waals surface area contributed by atoms with Crippen molar-refractivity contribution in [2.24, 2.45) is 23.2 Å². The van der Waals surface area contributed by atoms with E-state index in [0.717, 1.165) is 12.8 Å². The maximum absolute atomic E-state index is 13.4. The zero-order chi connectivity index (χ0) is 20.0. The molecule has 2 saturated carbocycles. The van der Waals surface area contributed by atoms with Crippen molar-refractivity contribution in [2.75, 3.05) is 6.61 Å². The minimum Gasteiger partial charge on any atom is -0.459 e. The Hall–Kier alpha value is -1.50. The summed E-state index contributed by atoms with van der Waals surface area (Å²) in [5, 5.41) is 6.71. The van der Waals surface area contributed by atoms with Crippen LogP contribution >= 0.6 is 12.0 Å². The van der Waals surface area contributed by atoms with Gasteiger partial charge in [0.1, 0.15) is 18.6 Å². The maximum atomic E-state index is 13.4. The van der Waals surface area contributed by atoms with Gasteiger partial charge in [0.2, 0.25) is 0 Å². The van der Waals surface area contributed by atoms with E-state index in [1.54, 1.807) is 0 Å². The number of carbonyl (C=O) groups excluding carboxylic acids is 3. The van der Waals surface area contributed by atoms with Crippen LogP contribution in [0.2, 0.25) is 0 Å². The van der Waals surface area contributed by atoms with Crippen molar-refractivity contribution in [2.45, 2.75) is 44.2 Å². The third kappa shape index (κ3) is 3.62. The monoisotopic (exact) mass is 412 g/mol. The molecule has 4 unspecified atom stereocenters. The smallest absolute Gasteiger partial charge is 0.415 e. The molecule has 0 spiro atoms. The van der Waals surface area contributed by atoms with Crippen LogP contribution in [0.3, 0.4) is 0 Å². The highest BCUT2D eigenvalue weighted by Crippen LogP contribution is 2.61. The molecular weight excluding hydrogens is 394 g/mol. The first-order valence-corrected chi connectivity index (χ1v) is 8.92. The number of halogens is 2. The highest BCUT2D eigenvalue weighted by atomic mass is 32.2. The molecule has 152 valence electrons. The lowest BCUT2D eigenvalue weighted by atomic mass is 9.86. The van der Waals surface area contributed by atoms with Crippen molar-refractivity contribution in [3.8, 4) is 0 Å². The molecule has 3 rings (SSSR count). The number of hydrogen-bond acceptors (Lipinski definition) is 10. The second-order valence-electron chi connectivity index (χ2n) is 7.58. The number of carbonyl (C=O) groups is 3. The predicted octanol–water partition coefficient (Wildman–Crippen LogP) is 2.06. The van der Waals surface area contributed by atoms with Gasteiger partial charge in [0, 0.05) is 6.42 Å². The SMILES string of the molecule is CC(C)(COC(=O)C(F)(F)SOOO)C(=O)OC12CC3CC(C(=O)O1)C2C3. The Kier molecular flexibility index (Phi) is 5.12. The molecule has 2 bridgehead atoms. The fraction of sp³-hybridized carbons (Fsp3) is 0.800. The number of alkyl halides is 2. The van der Waals surface area contributed by atoms with Crippen molar-refractivity contribution in [1.29, 1.82) is 0 Å². The zero-order valence-electron chi connectivity index (χ0n) is 14.4. The van der Waals surface area contributed by atoms with Gasteiger partial charge >= 0.3 is 23.2 Å². The summed E-state index contributed by atoms with van der Waals surface area (Å²) < 4.78 is 45.6. The molecule has 0 amide bonds. The Balaban J connectivity index is 1.58. The van der Waals surface area contributed by atoms with Gasteiger partial charge in [0.25, 0.3) is 5.79 Å². The summed E-state index contributed by atoms with van der Waals surface area (Å²) in [6.45, 7) is 1.99. The van der Waals surface area contributed by atoms with E-state index in [0.29, 0.717) is 6.42 Å². The van der Waals surface area contributed by atoms with E-state index in [-0.39, 0.29) is 23.7 Å². The standard InChI is InChI=1S/C15H18F2O9S/c1-13(2,6-22-12(20)15(16,17)27-26-25-21)11(19)24-14-5-7-3-8(9(14)4-7)10(18)23-14/h7-9,21H,3-6H2,1-2H3. The van der Waals surface area contributed by atoms with Crippen LogP contribution in [0.5, 0.6) is 0 Å². The fourth-order valence-corrected chi connectivity index (χ4v) is 4.13. The van der Waals surface area contributed by atoms with E-state index >= 15 is 0 Å². The van der Waals surface area contributed by atoms with Gasteiger partial charge in [-0.25, -0.2) is 10.1 Å². The average Bonchev–Trinajstić information content (AvgIpc) is 3.18. The van der Waals surface area contributed by atoms with Crippen LogP contribution in [-0.4, -0.2) is 40.8 Å². The Morgan fingerprint density at radius 3 is 2.67 bits per heavy atom. The summed E-state index contributed by atoms with van der Waals surface area (Å²) in [6.07, 6.45) is 1.86. The minimum atomic E-state index is -4.17. The van der Waals surface area contributed by atoms with Crippen LogP contribution in [0.1, 0.15) is 33.1 Å². The zero-order valence-corrected chi connectivity index (χ0v) is 15.3. The first-order chi connectivity index (χ1) is 12.5. The van der Waals surface area contributed by atoms with E-state index in [1.165, 1.54) is 13.8 Å². The third-order valence-electron chi connectivity index (χ3n) is 5.16. The van der Waals surface area contributed by atoms with Crippen molar-refractivity contribution in [3.05, 3.63) is 0 Å². The van der Waals surface area contributed by atoms with Gasteiger partial charge in [-0.15, -0.1) is 4.33 Å². The van der Waals surface area contributed by atoms with Gasteiger partial charge in [-0.1, -0.05) is 5.04 Å². The summed E-state index contributed by atoms with van der Waals surface area (Å²) in [7, 11) is 0. The minimum absolute atomic E-state index is 0.200. The van der Waals surface area contributed by atoms with Crippen LogP contribution < -0.4 is 0 Å². The topological polar surface area (TPSA) is 118 Å². The first kappa shape index (κ1) is 20.2. The highest BCUT2D eigenvalue weighted by molar-refractivity contribution is 7.96. The molecule has 3 fully saturated rings. The van der Waals surface area contributed by atoms with Crippen LogP contribution in [0.15, 0.2) is 0 Å². The highest BCUT2D eigenvalue weighted by Gasteiger charge is 2.68. The van der Waals surface area contributed by atoms with Crippen LogP contribution in [0.4, 0.5) is 8.78 Å². The molecule has 12 heteroatoms. The van der Waals surface area contributed by atoms with Crippen molar-refractivity contribution in [1.82, 2.24) is 0 Å². The Morgan fingerprint density at radius 2 is 2.04 bits per heavy atom. The van der Waals surface area contributed by atoms with Gasteiger partial charge < -0.3 is 14.2 Å².